The number of carbonyl (C=O) groups excluding carboxylic acids is 1. The second kappa shape index (κ2) is 6.34. The Morgan fingerprint density at radius 1 is 1.32 bits per heavy atom. The molecule has 19 heavy (non-hydrogen) atoms. The molecule has 0 aliphatic heterocycles. The maximum absolute atomic E-state index is 12.1. The SMILES string of the molecule is CCC(NC(=O)c1cccnc1)c1ccc(Cl)cc1. The highest BCUT2D eigenvalue weighted by Gasteiger charge is 2.13. The van der Waals surface area contributed by atoms with Crippen molar-refractivity contribution < 1.29 is 4.79 Å². The van der Waals surface area contributed by atoms with Crippen LogP contribution in [0.15, 0.2) is 48.8 Å². The summed E-state index contributed by atoms with van der Waals surface area (Å²) in [5.74, 6) is -0.116. The van der Waals surface area contributed by atoms with Crippen LogP contribution in [-0.4, -0.2) is 10.9 Å². The van der Waals surface area contributed by atoms with Crippen LogP contribution in [0.5, 0.6) is 0 Å². The van der Waals surface area contributed by atoms with E-state index in [1.54, 1.807) is 24.5 Å². The second-order valence-electron chi connectivity index (χ2n) is 4.23. The minimum atomic E-state index is -0.116. The van der Waals surface area contributed by atoms with Crippen molar-refractivity contribution in [1.82, 2.24) is 10.3 Å². The molecular weight excluding hydrogens is 260 g/mol. The minimum absolute atomic E-state index is 0.0232. The fraction of sp³-hybridized carbons (Fsp3) is 0.200. The summed E-state index contributed by atoms with van der Waals surface area (Å²) in [6, 6.07) is 11.0. The lowest BCUT2D eigenvalue weighted by Crippen LogP contribution is -2.28. The maximum atomic E-state index is 12.1. The highest BCUT2D eigenvalue weighted by molar-refractivity contribution is 6.30. The molecule has 0 radical (unpaired) electrons. The highest BCUT2D eigenvalue weighted by atomic mass is 35.5. The first-order valence-electron chi connectivity index (χ1n) is 6.17. The zero-order valence-electron chi connectivity index (χ0n) is 10.6. The Hall–Kier alpha value is -1.87. The standard InChI is InChI=1S/C15H15ClN2O/c1-2-14(11-5-7-13(16)8-6-11)18-15(19)12-4-3-9-17-10-12/h3-10,14H,2H2,1H3,(H,18,19). The first-order valence-corrected chi connectivity index (χ1v) is 6.55. The van der Waals surface area contributed by atoms with Crippen LogP contribution < -0.4 is 5.32 Å². The summed E-state index contributed by atoms with van der Waals surface area (Å²) >= 11 is 5.87. The van der Waals surface area contributed by atoms with Crippen molar-refractivity contribution in [3.05, 3.63) is 64.9 Å². The molecule has 1 unspecified atom stereocenters. The van der Waals surface area contributed by atoms with Gasteiger partial charge in [0.25, 0.3) is 5.91 Å². The van der Waals surface area contributed by atoms with Gasteiger partial charge in [0.15, 0.2) is 0 Å². The van der Waals surface area contributed by atoms with Gasteiger partial charge in [-0.1, -0.05) is 30.7 Å². The number of halogens is 1. The number of rotatable bonds is 4. The number of amides is 1. The molecule has 0 saturated carbocycles. The average molecular weight is 275 g/mol. The normalized spacial score (nSPS) is 11.9. The molecule has 2 rings (SSSR count). The fourth-order valence-corrected chi connectivity index (χ4v) is 1.98. The smallest absolute Gasteiger partial charge is 0.253 e. The predicted molar refractivity (Wildman–Crippen MR) is 76.2 cm³/mol. The van der Waals surface area contributed by atoms with Crippen molar-refractivity contribution >= 4 is 17.5 Å². The van der Waals surface area contributed by atoms with Crippen LogP contribution >= 0.6 is 11.6 Å². The Kier molecular flexibility index (Phi) is 4.53. The molecule has 98 valence electrons. The van der Waals surface area contributed by atoms with Gasteiger partial charge in [-0.15, -0.1) is 0 Å². The molecule has 1 amide bonds. The molecule has 1 heterocycles. The molecule has 0 fully saturated rings. The van der Waals surface area contributed by atoms with Gasteiger partial charge in [-0.2, -0.15) is 0 Å². The van der Waals surface area contributed by atoms with Gasteiger partial charge in [-0.3, -0.25) is 9.78 Å². The summed E-state index contributed by atoms with van der Waals surface area (Å²) in [5.41, 5.74) is 1.61. The summed E-state index contributed by atoms with van der Waals surface area (Å²) in [4.78, 5) is 16.0. The lowest BCUT2D eigenvalue weighted by atomic mass is 10.0. The van der Waals surface area contributed by atoms with Crippen molar-refractivity contribution in [3.8, 4) is 0 Å². The Bertz CT molecular complexity index is 540. The third-order valence-electron chi connectivity index (χ3n) is 2.91. The van der Waals surface area contributed by atoms with Gasteiger partial charge in [0.05, 0.1) is 11.6 Å². The van der Waals surface area contributed by atoms with Crippen molar-refractivity contribution in [2.45, 2.75) is 19.4 Å². The summed E-state index contributed by atoms with van der Waals surface area (Å²) in [6.07, 6.45) is 4.02. The van der Waals surface area contributed by atoms with E-state index < -0.39 is 0 Å². The number of pyridine rings is 1. The van der Waals surface area contributed by atoms with E-state index in [1.807, 2.05) is 31.2 Å². The van der Waals surface area contributed by atoms with E-state index in [9.17, 15) is 4.79 Å². The van der Waals surface area contributed by atoms with Gasteiger partial charge >= 0.3 is 0 Å². The maximum Gasteiger partial charge on any atom is 0.253 e. The molecule has 1 aromatic heterocycles. The fourth-order valence-electron chi connectivity index (χ4n) is 1.85. The Morgan fingerprint density at radius 3 is 2.63 bits per heavy atom. The largest absolute Gasteiger partial charge is 0.345 e. The van der Waals surface area contributed by atoms with Crippen molar-refractivity contribution in [3.63, 3.8) is 0 Å². The van der Waals surface area contributed by atoms with Crippen LogP contribution in [-0.2, 0) is 0 Å². The number of carbonyl (C=O) groups is 1. The van der Waals surface area contributed by atoms with Gasteiger partial charge in [0, 0.05) is 17.4 Å². The first-order chi connectivity index (χ1) is 9.20. The van der Waals surface area contributed by atoms with Crippen LogP contribution in [0.25, 0.3) is 0 Å². The van der Waals surface area contributed by atoms with E-state index in [4.69, 9.17) is 11.6 Å². The van der Waals surface area contributed by atoms with E-state index in [0.29, 0.717) is 10.6 Å². The molecular formula is C15H15ClN2O. The van der Waals surface area contributed by atoms with Gasteiger partial charge in [-0.25, -0.2) is 0 Å². The first kappa shape index (κ1) is 13.6. The van der Waals surface area contributed by atoms with Gasteiger partial charge < -0.3 is 5.32 Å². The third-order valence-corrected chi connectivity index (χ3v) is 3.16. The Balaban J connectivity index is 2.11. The number of nitrogens with one attached hydrogen (secondary N) is 1. The molecule has 2 aromatic rings. The van der Waals surface area contributed by atoms with Crippen molar-refractivity contribution in [2.75, 3.05) is 0 Å². The summed E-state index contributed by atoms with van der Waals surface area (Å²) in [6.45, 7) is 2.03. The molecule has 1 N–H and O–H groups in total. The van der Waals surface area contributed by atoms with Crippen molar-refractivity contribution in [1.29, 1.82) is 0 Å². The number of hydrogen-bond donors (Lipinski definition) is 1. The molecule has 3 nitrogen and oxygen atoms in total. The average Bonchev–Trinajstić information content (AvgIpc) is 2.46. The topological polar surface area (TPSA) is 42.0 Å². The molecule has 0 bridgehead atoms. The monoisotopic (exact) mass is 274 g/mol. The van der Waals surface area contributed by atoms with Gasteiger partial charge in [-0.05, 0) is 36.2 Å². The van der Waals surface area contributed by atoms with E-state index in [0.717, 1.165) is 12.0 Å². The van der Waals surface area contributed by atoms with E-state index in [1.165, 1.54) is 0 Å². The highest BCUT2D eigenvalue weighted by Crippen LogP contribution is 2.19. The molecule has 0 aliphatic carbocycles. The number of benzene rings is 1. The Labute approximate surface area is 117 Å². The van der Waals surface area contributed by atoms with E-state index in [-0.39, 0.29) is 11.9 Å². The van der Waals surface area contributed by atoms with Crippen LogP contribution in [0.3, 0.4) is 0 Å². The predicted octanol–water partition coefficient (Wildman–Crippen LogP) is 3.62. The molecule has 4 heteroatoms. The second-order valence-corrected chi connectivity index (χ2v) is 4.66. The molecule has 1 atom stereocenters. The number of nitrogens with zero attached hydrogens (tertiary/aromatic N) is 1. The zero-order valence-corrected chi connectivity index (χ0v) is 11.4. The summed E-state index contributed by atoms with van der Waals surface area (Å²) in [7, 11) is 0. The van der Waals surface area contributed by atoms with E-state index in [2.05, 4.69) is 10.3 Å². The van der Waals surface area contributed by atoms with E-state index >= 15 is 0 Å². The molecule has 0 spiro atoms. The summed E-state index contributed by atoms with van der Waals surface area (Å²) in [5, 5.41) is 3.69. The quantitative estimate of drug-likeness (QED) is 0.925. The van der Waals surface area contributed by atoms with Crippen LogP contribution in [0.1, 0.15) is 35.3 Å². The van der Waals surface area contributed by atoms with Crippen LogP contribution in [0.2, 0.25) is 5.02 Å². The Morgan fingerprint density at radius 2 is 2.05 bits per heavy atom. The summed E-state index contributed by atoms with van der Waals surface area (Å²) < 4.78 is 0. The zero-order chi connectivity index (χ0) is 13.7. The number of hydrogen-bond acceptors (Lipinski definition) is 2. The minimum Gasteiger partial charge on any atom is -0.345 e. The van der Waals surface area contributed by atoms with Gasteiger partial charge in [0.1, 0.15) is 0 Å². The third kappa shape index (κ3) is 3.55. The van der Waals surface area contributed by atoms with Gasteiger partial charge in [0.2, 0.25) is 0 Å². The number of aromatic nitrogens is 1. The lowest BCUT2D eigenvalue weighted by molar-refractivity contribution is 0.0935. The molecule has 0 saturated heterocycles. The van der Waals surface area contributed by atoms with Crippen LogP contribution in [0, 0.1) is 0 Å². The van der Waals surface area contributed by atoms with Crippen LogP contribution in [0.4, 0.5) is 0 Å². The molecule has 1 aromatic carbocycles. The lowest BCUT2D eigenvalue weighted by Gasteiger charge is -2.17. The van der Waals surface area contributed by atoms with Crippen molar-refractivity contribution in [2.24, 2.45) is 0 Å². The molecule has 0 aliphatic rings.